The molecule has 1 fully saturated rings. The molecule has 1 atom stereocenters. The Morgan fingerprint density at radius 2 is 1.88 bits per heavy atom. The molecule has 1 saturated heterocycles. The van der Waals surface area contributed by atoms with Gasteiger partial charge in [-0.3, -0.25) is 4.90 Å². The number of piperidine rings is 1. The molecule has 0 saturated carbocycles. The summed E-state index contributed by atoms with van der Waals surface area (Å²) in [6.07, 6.45) is 2.47. The van der Waals surface area contributed by atoms with Crippen LogP contribution in [0.1, 0.15) is 24.0 Å². The van der Waals surface area contributed by atoms with Crippen molar-refractivity contribution in [2.24, 2.45) is 0 Å². The van der Waals surface area contributed by atoms with Crippen molar-refractivity contribution in [1.82, 2.24) is 10.2 Å². The lowest BCUT2D eigenvalue weighted by Gasteiger charge is -2.32. The van der Waals surface area contributed by atoms with E-state index in [0.29, 0.717) is 18.4 Å². The van der Waals surface area contributed by atoms with Gasteiger partial charge >= 0.3 is 0 Å². The zero-order chi connectivity index (χ0) is 18.4. The van der Waals surface area contributed by atoms with Crippen molar-refractivity contribution in [3.05, 3.63) is 59.4 Å². The fourth-order valence-electron chi connectivity index (χ4n) is 3.36. The van der Waals surface area contributed by atoms with Crippen molar-refractivity contribution < 1.29 is 13.9 Å². The average Bonchev–Trinajstić information content (AvgIpc) is 2.68. The van der Waals surface area contributed by atoms with E-state index in [0.717, 1.165) is 30.9 Å². The third-order valence-electron chi connectivity index (χ3n) is 4.86. The van der Waals surface area contributed by atoms with E-state index in [1.54, 1.807) is 19.2 Å². The Hall–Kier alpha value is -2.11. The summed E-state index contributed by atoms with van der Waals surface area (Å²) in [5.41, 5.74) is 2.14. The van der Waals surface area contributed by atoms with Gasteiger partial charge in [-0.1, -0.05) is 18.2 Å². The Kier molecular flexibility index (Phi) is 6.47. The van der Waals surface area contributed by atoms with Crippen molar-refractivity contribution in [3.8, 4) is 11.5 Å². The number of benzene rings is 2. The summed E-state index contributed by atoms with van der Waals surface area (Å²) in [4.78, 5) is 2.47. The number of likely N-dealkylation sites (tertiary alicyclic amines) is 1. The van der Waals surface area contributed by atoms with Crippen LogP contribution in [0.15, 0.2) is 42.5 Å². The monoisotopic (exact) mass is 358 g/mol. The molecule has 1 N–H and O–H groups in total. The molecule has 0 spiro atoms. The predicted octanol–water partition coefficient (Wildman–Crippen LogP) is 3.60. The van der Waals surface area contributed by atoms with E-state index in [4.69, 9.17) is 9.47 Å². The quantitative estimate of drug-likeness (QED) is 0.820. The van der Waals surface area contributed by atoms with Gasteiger partial charge < -0.3 is 14.8 Å². The molecule has 26 heavy (non-hydrogen) atoms. The maximum Gasteiger partial charge on any atom is 0.161 e. The van der Waals surface area contributed by atoms with E-state index in [1.165, 1.54) is 30.5 Å². The fraction of sp³-hybridized carbons (Fsp3) is 0.429. The third kappa shape index (κ3) is 4.96. The standard InChI is InChI=1S/C21H27FN2O2/c1-23-19-4-3-11-24(14-19)13-17-7-10-20(21(12-17)25-2)26-15-16-5-8-18(22)9-6-16/h5-10,12,19,23H,3-4,11,13-15H2,1-2H3. The van der Waals surface area contributed by atoms with Gasteiger partial charge in [0, 0.05) is 19.1 Å². The average molecular weight is 358 g/mol. The summed E-state index contributed by atoms with van der Waals surface area (Å²) in [7, 11) is 3.69. The topological polar surface area (TPSA) is 33.7 Å². The van der Waals surface area contributed by atoms with Crippen LogP contribution in [-0.4, -0.2) is 38.2 Å². The number of likely N-dealkylation sites (N-methyl/N-ethyl adjacent to an activating group) is 1. The number of nitrogens with one attached hydrogen (secondary N) is 1. The highest BCUT2D eigenvalue weighted by molar-refractivity contribution is 5.43. The number of nitrogens with zero attached hydrogens (tertiary/aromatic N) is 1. The van der Waals surface area contributed by atoms with E-state index in [-0.39, 0.29) is 5.82 Å². The number of hydrogen-bond acceptors (Lipinski definition) is 4. The number of methoxy groups -OCH3 is 1. The number of halogens is 1. The second-order valence-corrected chi connectivity index (χ2v) is 6.76. The van der Waals surface area contributed by atoms with Crippen LogP contribution in [-0.2, 0) is 13.2 Å². The molecule has 3 rings (SSSR count). The summed E-state index contributed by atoms with van der Waals surface area (Å²) < 4.78 is 24.4. The van der Waals surface area contributed by atoms with Crippen LogP contribution >= 0.6 is 0 Å². The van der Waals surface area contributed by atoms with Crippen molar-refractivity contribution in [2.75, 3.05) is 27.2 Å². The van der Waals surface area contributed by atoms with Gasteiger partial charge in [0.2, 0.25) is 0 Å². The maximum absolute atomic E-state index is 13.0. The molecule has 0 amide bonds. The van der Waals surface area contributed by atoms with Crippen molar-refractivity contribution >= 4 is 0 Å². The number of rotatable bonds is 7. The van der Waals surface area contributed by atoms with E-state index < -0.39 is 0 Å². The first-order valence-electron chi connectivity index (χ1n) is 9.11. The predicted molar refractivity (Wildman–Crippen MR) is 101 cm³/mol. The lowest BCUT2D eigenvalue weighted by atomic mass is 10.0. The Morgan fingerprint density at radius 3 is 2.62 bits per heavy atom. The van der Waals surface area contributed by atoms with Gasteiger partial charge in [-0.15, -0.1) is 0 Å². The number of hydrogen-bond donors (Lipinski definition) is 1. The smallest absolute Gasteiger partial charge is 0.161 e. The SMILES string of the molecule is CNC1CCCN(Cc2ccc(OCc3ccc(F)cc3)c(OC)c2)C1. The summed E-state index contributed by atoms with van der Waals surface area (Å²) in [5.74, 6) is 1.19. The van der Waals surface area contributed by atoms with Crippen LogP contribution in [0.25, 0.3) is 0 Å². The van der Waals surface area contributed by atoms with Crippen LogP contribution in [0.3, 0.4) is 0 Å². The minimum atomic E-state index is -0.242. The molecule has 1 heterocycles. The molecular formula is C21H27FN2O2. The molecule has 140 valence electrons. The molecule has 0 aliphatic carbocycles. The zero-order valence-electron chi connectivity index (χ0n) is 15.5. The van der Waals surface area contributed by atoms with Gasteiger partial charge in [-0.05, 0) is 61.8 Å². The molecule has 0 aromatic heterocycles. The zero-order valence-corrected chi connectivity index (χ0v) is 15.5. The molecule has 2 aromatic rings. The summed E-state index contributed by atoms with van der Waals surface area (Å²) in [6.45, 7) is 3.49. The van der Waals surface area contributed by atoms with Gasteiger partial charge in [0.05, 0.1) is 7.11 Å². The van der Waals surface area contributed by atoms with E-state index in [2.05, 4.69) is 16.3 Å². The minimum Gasteiger partial charge on any atom is -0.493 e. The van der Waals surface area contributed by atoms with Crippen molar-refractivity contribution in [1.29, 1.82) is 0 Å². The van der Waals surface area contributed by atoms with Gasteiger partial charge in [0.25, 0.3) is 0 Å². The Balaban J connectivity index is 1.62. The molecule has 2 aromatic carbocycles. The molecule has 0 radical (unpaired) electrons. The summed E-state index contributed by atoms with van der Waals surface area (Å²) in [5, 5.41) is 3.38. The normalized spacial score (nSPS) is 17.9. The molecule has 4 nitrogen and oxygen atoms in total. The first-order valence-corrected chi connectivity index (χ1v) is 9.11. The highest BCUT2D eigenvalue weighted by Gasteiger charge is 2.18. The molecule has 1 aliphatic rings. The summed E-state index contributed by atoms with van der Waals surface area (Å²) in [6, 6.07) is 13.0. The first kappa shape index (κ1) is 18.7. The van der Waals surface area contributed by atoms with Gasteiger partial charge in [0.1, 0.15) is 12.4 Å². The highest BCUT2D eigenvalue weighted by atomic mass is 19.1. The lowest BCUT2D eigenvalue weighted by Crippen LogP contribution is -2.43. The molecule has 5 heteroatoms. The molecule has 1 unspecified atom stereocenters. The Labute approximate surface area is 154 Å². The lowest BCUT2D eigenvalue weighted by molar-refractivity contribution is 0.187. The number of ether oxygens (including phenoxy) is 2. The maximum atomic E-state index is 13.0. The van der Waals surface area contributed by atoms with Crippen LogP contribution < -0.4 is 14.8 Å². The fourth-order valence-corrected chi connectivity index (χ4v) is 3.36. The van der Waals surface area contributed by atoms with Crippen LogP contribution in [0, 0.1) is 5.82 Å². The first-order chi connectivity index (χ1) is 12.7. The molecule has 0 bridgehead atoms. The second kappa shape index (κ2) is 9.01. The molecular weight excluding hydrogens is 331 g/mol. The van der Waals surface area contributed by atoms with Crippen LogP contribution in [0.4, 0.5) is 4.39 Å². The van der Waals surface area contributed by atoms with E-state index in [9.17, 15) is 4.39 Å². The molecule has 1 aliphatic heterocycles. The van der Waals surface area contributed by atoms with Crippen molar-refractivity contribution in [2.45, 2.75) is 32.0 Å². The van der Waals surface area contributed by atoms with E-state index in [1.807, 2.05) is 19.2 Å². The van der Waals surface area contributed by atoms with E-state index >= 15 is 0 Å². The minimum absolute atomic E-state index is 0.242. The Morgan fingerprint density at radius 1 is 1.12 bits per heavy atom. The largest absolute Gasteiger partial charge is 0.493 e. The summed E-state index contributed by atoms with van der Waals surface area (Å²) >= 11 is 0. The van der Waals surface area contributed by atoms with Gasteiger partial charge in [0.15, 0.2) is 11.5 Å². The van der Waals surface area contributed by atoms with Gasteiger partial charge in [-0.25, -0.2) is 4.39 Å². The highest BCUT2D eigenvalue weighted by Crippen LogP contribution is 2.29. The van der Waals surface area contributed by atoms with Crippen molar-refractivity contribution in [3.63, 3.8) is 0 Å². The van der Waals surface area contributed by atoms with Crippen LogP contribution in [0.5, 0.6) is 11.5 Å². The Bertz CT molecular complexity index is 706. The van der Waals surface area contributed by atoms with Crippen LogP contribution in [0.2, 0.25) is 0 Å². The second-order valence-electron chi connectivity index (χ2n) is 6.76. The third-order valence-corrected chi connectivity index (χ3v) is 4.86. The van der Waals surface area contributed by atoms with Gasteiger partial charge in [-0.2, -0.15) is 0 Å².